The van der Waals surface area contributed by atoms with Gasteiger partial charge in [0.15, 0.2) is 0 Å². The smallest absolute Gasteiger partial charge is 2.00 e. The van der Waals surface area contributed by atoms with Crippen molar-refractivity contribution in [3.63, 3.8) is 0 Å². The van der Waals surface area contributed by atoms with E-state index in [1.165, 1.54) is 0 Å². The second kappa shape index (κ2) is 64.1. The standard InChI is InChI=1S/2C24H57N4Si3.2C8H16O4.2C6H6.2Ce.2Li.2O/c2*1-22(2,3)29(10,11)25-16-19-28(20-17-26-30(12,13)23(4,5)6)21-18-27-31(14,15)24(7,8)9;2*1-2-10-5-6-12-8-7-11-4-3-9-1;2*1-2-4-6-5-3-1;;;;;;/h2*16-21H2,1-15H3;2*1-8H2;2*1-6H;;;;;;/q2*-3;;;;;2*+4;2*+1;2*-2. The first-order valence-electron chi connectivity index (χ1n) is 37.3. The summed E-state index contributed by atoms with van der Waals surface area (Å²) in [6, 6.07) is 24.0. The Morgan fingerprint density at radius 1 is 0.221 bits per heavy atom. The number of rotatable bonds is 24. The summed E-state index contributed by atoms with van der Waals surface area (Å²) in [6.07, 6.45) is 0. The first-order chi connectivity index (χ1) is 45.1. The molecule has 0 aromatic heterocycles. The van der Waals surface area contributed by atoms with E-state index in [2.05, 4.69) is 213 Å². The summed E-state index contributed by atoms with van der Waals surface area (Å²) in [7, 11) is -9.47. The van der Waals surface area contributed by atoms with E-state index in [9.17, 15) is 0 Å². The van der Waals surface area contributed by atoms with E-state index in [0.29, 0.717) is 136 Å². The van der Waals surface area contributed by atoms with Crippen molar-refractivity contribution in [3.8, 4) is 0 Å². The molecule has 2 aromatic carbocycles. The molecule has 4 rings (SSSR count). The number of hydrogen-bond acceptors (Lipinski definition) is 10. The van der Waals surface area contributed by atoms with E-state index in [4.69, 9.17) is 67.8 Å². The van der Waals surface area contributed by atoms with E-state index in [-0.39, 0.29) is 132 Å². The Hall–Kier alpha value is 2.97. The molecule has 0 saturated carbocycles. The Labute approximate surface area is 741 Å². The van der Waals surface area contributed by atoms with Gasteiger partial charge in [0.2, 0.25) is 0 Å². The van der Waals surface area contributed by atoms with Gasteiger partial charge in [-0.3, -0.25) is 0 Å². The zero-order chi connectivity index (χ0) is 75.3. The van der Waals surface area contributed by atoms with Crippen LogP contribution in [0.3, 0.4) is 0 Å². The second-order valence-corrected chi connectivity index (χ2v) is 64.6. The molecule has 0 aliphatic carbocycles. The molecule has 18 nitrogen and oxygen atoms in total. The summed E-state index contributed by atoms with van der Waals surface area (Å²) in [5, 5.41) is 1.88. The normalized spacial score (nSPS) is 15.5. The van der Waals surface area contributed by atoms with Gasteiger partial charge < -0.3 is 88.5 Å². The molecule has 0 bridgehead atoms. The molecular weight excluding hydrogens is 1650 g/mol. The van der Waals surface area contributed by atoms with E-state index < -0.39 is 49.4 Å². The van der Waals surface area contributed by atoms with Crippen LogP contribution in [0.25, 0.3) is 29.9 Å². The molecular formula is C76H158Ce2Li2N8O10Si6. The second-order valence-electron chi connectivity index (χ2n) is 35.0. The monoisotopic (exact) mass is 1800 g/mol. The molecule has 0 radical (unpaired) electrons. The summed E-state index contributed by atoms with van der Waals surface area (Å²) in [4.78, 5) is 36.4. The van der Waals surface area contributed by atoms with Gasteiger partial charge in [-0.25, -0.2) is 0 Å². The number of benzene rings is 2. The van der Waals surface area contributed by atoms with E-state index >= 15 is 0 Å². The Bertz CT molecular complexity index is 1760. The van der Waals surface area contributed by atoms with Gasteiger partial charge in [0.05, 0.1) is 106 Å². The molecule has 28 heteroatoms. The molecule has 596 valence electrons. The van der Waals surface area contributed by atoms with E-state index in [0.717, 1.165) is 78.5 Å². The van der Waals surface area contributed by atoms with Crippen LogP contribution in [0.1, 0.15) is 125 Å². The molecule has 2 heterocycles. The number of ether oxygens (including phenoxy) is 8. The molecule has 2 aromatic rings. The van der Waals surface area contributed by atoms with Gasteiger partial charge in [0, 0.05) is 0 Å². The van der Waals surface area contributed by atoms with Crippen molar-refractivity contribution in [2.24, 2.45) is 0 Å². The average Bonchev–Trinajstić information content (AvgIpc) is 0.872. The first kappa shape index (κ1) is 123. The molecule has 2 aliphatic rings. The average molecular weight is 1810 g/mol. The van der Waals surface area contributed by atoms with Crippen LogP contribution in [-0.4, -0.2) is 243 Å². The van der Waals surface area contributed by atoms with Gasteiger partial charge >= 0.3 is 121 Å². The predicted octanol–water partition coefficient (Wildman–Crippen LogP) is 14.1. The van der Waals surface area contributed by atoms with Crippen LogP contribution in [0.2, 0.25) is 109 Å². The molecule has 0 N–H and O–H groups in total. The van der Waals surface area contributed by atoms with Crippen molar-refractivity contribution in [3.05, 3.63) is 103 Å². The largest absolute Gasteiger partial charge is 4.00 e. The Balaban J connectivity index is -0.000000193. The Kier molecular flexibility index (Phi) is 75.6. The van der Waals surface area contributed by atoms with Crippen molar-refractivity contribution in [1.29, 1.82) is 0 Å². The number of hydrogen-bond donors (Lipinski definition) is 0. The minimum Gasteiger partial charge on any atom is -2.00 e. The fourth-order valence-electron chi connectivity index (χ4n) is 7.45. The maximum atomic E-state index is 5.22. The third-order valence-corrected chi connectivity index (χ3v) is 49.0. The quantitative estimate of drug-likeness (QED) is 0.0904. The van der Waals surface area contributed by atoms with E-state index in [1.54, 1.807) is 0 Å². The van der Waals surface area contributed by atoms with E-state index in [1.807, 2.05) is 72.8 Å². The molecule has 104 heavy (non-hydrogen) atoms. The van der Waals surface area contributed by atoms with Gasteiger partial charge in [-0.1, -0.05) is 356 Å². The first-order valence-corrected chi connectivity index (χ1v) is 54.9. The summed E-state index contributed by atoms with van der Waals surface area (Å²) < 4.78 is 41.7. The molecule has 0 amide bonds. The van der Waals surface area contributed by atoms with Crippen molar-refractivity contribution in [2.75, 3.05) is 184 Å². The molecule has 0 spiro atoms. The van der Waals surface area contributed by atoms with Crippen LogP contribution in [0, 0.1) is 83.5 Å². The molecule has 2 aliphatic heterocycles. The van der Waals surface area contributed by atoms with Gasteiger partial charge in [-0.2, -0.15) is 0 Å². The summed E-state index contributed by atoms with van der Waals surface area (Å²) in [6.45, 7) is 93.1. The summed E-state index contributed by atoms with van der Waals surface area (Å²) >= 11 is 0. The Morgan fingerprint density at radius 3 is 0.385 bits per heavy atom. The van der Waals surface area contributed by atoms with Crippen LogP contribution in [0.5, 0.6) is 0 Å². The van der Waals surface area contributed by atoms with Crippen LogP contribution >= 0.6 is 0 Å². The third kappa shape index (κ3) is 62.3. The minimum absolute atomic E-state index is 0. The van der Waals surface area contributed by atoms with Crippen LogP contribution in [0.4, 0.5) is 0 Å². The fourth-order valence-corrected chi connectivity index (χ4v) is 14.2. The van der Waals surface area contributed by atoms with Gasteiger partial charge in [-0.05, 0) is 39.3 Å². The summed E-state index contributed by atoms with van der Waals surface area (Å²) in [5.74, 6) is 0. The van der Waals surface area contributed by atoms with Crippen molar-refractivity contribution < 1.29 is 170 Å². The zero-order valence-corrected chi connectivity index (χ0v) is 85.7. The van der Waals surface area contributed by atoms with Crippen LogP contribution in [0.15, 0.2) is 72.8 Å². The van der Waals surface area contributed by atoms with Gasteiger partial charge in [0.1, 0.15) is 0 Å². The molecule has 2 fully saturated rings. The minimum atomic E-state index is -1.58. The maximum Gasteiger partial charge on any atom is 4.00 e. The van der Waals surface area contributed by atoms with Gasteiger partial charge in [0.25, 0.3) is 0 Å². The fraction of sp³-hybridized carbons (Fsp3) is 0.842. The maximum absolute atomic E-state index is 5.22. The van der Waals surface area contributed by atoms with Crippen LogP contribution < -0.4 is 37.7 Å². The zero-order valence-electron chi connectivity index (χ0n) is 73.4. The molecule has 2 saturated heterocycles. The van der Waals surface area contributed by atoms with Crippen molar-refractivity contribution in [2.45, 2.75) is 233 Å². The van der Waals surface area contributed by atoms with Gasteiger partial charge in [-0.15, -0.1) is 39.3 Å². The predicted molar refractivity (Wildman–Crippen MR) is 446 cm³/mol. The Morgan fingerprint density at radius 2 is 0.308 bits per heavy atom. The SMILES string of the molecule is C1COCCOCCOCCO1.C1COCCOCCOCCO1.CC(C)(C)[Si](C)(C)[N-]CCN(CC[N-][Si](C)(C)C(C)(C)C)CC[N-][Si](C)(C)C(C)(C)C.CC(C)(C)[Si](C)(C)[N-]CCN(CC[N-][Si](C)(C)C(C)(C)C)CC[N-][Si](C)(C)C(C)(C)C.[Ce+4].[Ce+4].[Li+].[Li+].[O-2].[O-2].c1ccccc1.c1ccccc1. The van der Waals surface area contributed by atoms with Crippen molar-refractivity contribution in [1.82, 2.24) is 9.80 Å². The number of nitrogens with zero attached hydrogens (tertiary/aromatic N) is 8. The van der Waals surface area contributed by atoms with Crippen molar-refractivity contribution >= 4 is 49.4 Å². The molecule has 0 unspecified atom stereocenters. The summed E-state index contributed by atoms with van der Waals surface area (Å²) in [5.41, 5.74) is 0. The third-order valence-electron chi connectivity index (χ3n) is 20.9. The topological polar surface area (TPSA) is 222 Å². The molecule has 0 atom stereocenters. The van der Waals surface area contributed by atoms with Crippen LogP contribution in [-0.2, 0) is 48.8 Å².